The summed E-state index contributed by atoms with van der Waals surface area (Å²) < 4.78 is 29.9. The van der Waals surface area contributed by atoms with Crippen LogP contribution in [0, 0.1) is 0 Å². The lowest BCUT2D eigenvalue weighted by atomic mass is 9.80. The first-order chi connectivity index (χ1) is 7.53. The van der Waals surface area contributed by atoms with Crippen LogP contribution in [0.5, 0.6) is 0 Å². The minimum Gasteiger partial charge on any atom is -0.358 e. The minimum atomic E-state index is -3.26. The van der Waals surface area contributed by atoms with Gasteiger partial charge in [-0.1, -0.05) is 0 Å². The van der Waals surface area contributed by atoms with Crippen molar-refractivity contribution >= 4 is 9.84 Å². The van der Waals surface area contributed by atoms with Gasteiger partial charge in [0.2, 0.25) is 0 Å². The molecule has 2 saturated heterocycles. The molecule has 0 aliphatic carbocycles. The highest BCUT2D eigenvalue weighted by Gasteiger charge is 2.61. The van der Waals surface area contributed by atoms with E-state index in [1.807, 2.05) is 0 Å². The van der Waals surface area contributed by atoms with Crippen molar-refractivity contribution in [3.63, 3.8) is 0 Å². The van der Waals surface area contributed by atoms with Crippen molar-refractivity contribution in [1.29, 1.82) is 0 Å². The molecule has 2 fully saturated rings. The number of piperidine rings is 1. The highest BCUT2D eigenvalue weighted by Crippen LogP contribution is 2.48. The van der Waals surface area contributed by atoms with Crippen LogP contribution in [-0.4, -0.2) is 41.9 Å². The zero-order chi connectivity index (χ0) is 13.1. The molecule has 0 saturated carbocycles. The summed E-state index contributed by atoms with van der Waals surface area (Å²) in [6.45, 7) is 7.35. The number of nitrogens with zero attached hydrogens (tertiary/aromatic N) is 1. The third-order valence-corrected chi connectivity index (χ3v) is 6.03. The Bertz CT molecular complexity index is 409. The molecule has 2 rings (SSSR count). The molecule has 0 aromatic rings. The third kappa shape index (κ3) is 1.82. The molecule has 6 heteroatoms. The summed E-state index contributed by atoms with van der Waals surface area (Å²) in [5.41, 5.74) is -1.45. The van der Waals surface area contributed by atoms with E-state index in [2.05, 4.69) is 0 Å². The fourth-order valence-corrected chi connectivity index (χ4v) is 5.36. The van der Waals surface area contributed by atoms with Gasteiger partial charge in [-0.3, -0.25) is 0 Å². The summed E-state index contributed by atoms with van der Waals surface area (Å²) in [6, 6.07) is 0. The quantitative estimate of drug-likeness (QED) is 0.656. The van der Waals surface area contributed by atoms with Gasteiger partial charge in [0.1, 0.15) is 0 Å². The van der Waals surface area contributed by atoms with Gasteiger partial charge in [0, 0.05) is 23.9 Å². The van der Waals surface area contributed by atoms with Crippen molar-refractivity contribution in [2.45, 2.75) is 56.5 Å². The molecule has 99 valence electrons. The Morgan fingerprint density at radius 2 is 1.53 bits per heavy atom. The van der Waals surface area contributed by atoms with E-state index < -0.39 is 25.8 Å². The average Bonchev–Trinajstić information content (AvgIpc) is 2.37. The number of hydrogen-bond acceptors (Lipinski definition) is 4. The molecule has 0 unspecified atom stereocenters. The highest BCUT2D eigenvalue weighted by atomic mass is 32.2. The number of hydroxylamine groups is 2. The van der Waals surface area contributed by atoms with Crippen molar-refractivity contribution in [3.05, 3.63) is 0 Å². The van der Waals surface area contributed by atoms with Gasteiger partial charge in [0.05, 0.1) is 12.4 Å². The second-order valence-corrected chi connectivity index (χ2v) is 8.73. The summed E-state index contributed by atoms with van der Waals surface area (Å²) in [6.07, 6.45) is 0.491. The van der Waals surface area contributed by atoms with Gasteiger partial charge in [-0.25, -0.2) is 8.42 Å². The Labute approximate surface area is 103 Å². The Kier molecular flexibility index (Phi) is 2.68. The highest BCUT2D eigenvalue weighted by molar-refractivity contribution is 7.92. The van der Waals surface area contributed by atoms with Gasteiger partial charge < -0.3 is 4.74 Å². The van der Waals surface area contributed by atoms with Gasteiger partial charge in [-0.2, -0.15) is 0 Å². The molecule has 0 N–H and O–H groups in total. The fraction of sp³-hybridized carbons (Fsp3) is 1.00. The second kappa shape index (κ2) is 3.44. The summed E-state index contributed by atoms with van der Waals surface area (Å²) in [5, 5.41) is 13.2. The third-order valence-electron chi connectivity index (χ3n) is 3.79. The summed E-state index contributed by atoms with van der Waals surface area (Å²) in [7, 11) is -3.26. The van der Waals surface area contributed by atoms with E-state index >= 15 is 0 Å². The normalized spacial score (nSPS) is 33.9. The Hall–Kier alpha value is -0.170. The lowest BCUT2D eigenvalue weighted by Gasteiger charge is -2.52. The molecule has 0 atom stereocenters. The van der Waals surface area contributed by atoms with Crippen molar-refractivity contribution in [3.8, 4) is 0 Å². The van der Waals surface area contributed by atoms with Crippen LogP contribution in [-0.2, 0) is 19.8 Å². The molecule has 0 amide bonds. The zero-order valence-electron chi connectivity index (χ0n) is 10.8. The van der Waals surface area contributed by atoms with E-state index in [-0.39, 0.29) is 25.2 Å². The van der Waals surface area contributed by atoms with Gasteiger partial charge in [0.15, 0.2) is 14.8 Å². The Morgan fingerprint density at radius 3 is 1.88 bits per heavy atom. The fourth-order valence-electron chi connectivity index (χ4n) is 3.28. The van der Waals surface area contributed by atoms with Crippen LogP contribution in [0.15, 0.2) is 0 Å². The van der Waals surface area contributed by atoms with Gasteiger partial charge in [-0.15, -0.1) is 10.3 Å². The topological polar surface area (TPSA) is 66.5 Å². The largest absolute Gasteiger partial charge is 0.358 e. The van der Waals surface area contributed by atoms with E-state index in [0.29, 0.717) is 0 Å². The SMILES string of the molecule is CC1(C)CC2(CC(C)(C)N1[O])OCCS2(=O)=O. The monoisotopic (exact) mass is 262 g/mol. The first kappa shape index (κ1) is 13.3. The molecule has 17 heavy (non-hydrogen) atoms. The molecule has 0 aromatic heterocycles. The number of ether oxygens (including phenoxy) is 1. The molecular weight excluding hydrogens is 242 g/mol. The number of hydrogen-bond donors (Lipinski definition) is 0. The van der Waals surface area contributed by atoms with Crippen LogP contribution < -0.4 is 0 Å². The molecular formula is C11H20NO4S. The van der Waals surface area contributed by atoms with Crippen LogP contribution in [0.4, 0.5) is 0 Å². The summed E-state index contributed by atoms with van der Waals surface area (Å²) in [4.78, 5) is -1.15. The van der Waals surface area contributed by atoms with E-state index in [1.165, 1.54) is 0 Å². The van der Waals surface area contributed by atoms with Crippen LogP contribution in [0.25, 0.3) is 0 Å². The minimum absolute atomic E-state index is 0.0675. The maximum absolute atomic E-state index is 12.2. The molecule has 2 heterocycles. The second-order valence-electron chi connectivity index (χ2n) is 6.35. The van der Waals surface area contributed by atoms with Gasteiger partial charge in [0.25, 0.3) is 0 Å². The number of rotatable bonds is 0. The van der Waals surface area contributed by atoms with Crippen LogP contribution >= 0.6 is 0 Å². The molecule has 2 aliphatic heterocycles. The van der Waals surface area contributed by atoms with E-state index in [0.717, 1.165) is 5.06 Å². The van der Waals surface area contributed by atoms with Crippen LogP contribution in [0.2, 0.25) is 0 Å². The van der Waals surface area contributed by atoms with Crippen LogP contribution in [0.3, 0.4) is 0 Å². The Balaban J connectivity index is 2.47. The van der Waals surface area contributed by atoms with Crippen molar-refractivity contribution < 1.29 is 18.4 Å². The molecule has 1 radical (unpaired) electrons. The first-order valence-electron chi connectivity index (χ1n) is 5.86. The average molecular weight is 262 g/mol. The van der Waals surface area contributed by atoms with Crippen molar-refractivity contribution in [2.24, 2.45) is 0 Å². The maximum Gasteiger partial charge on any atom is 0.182 e. The zero-order valence-corrected chi connectivity index (χ0v) is 11.6. The first-order valence-corrected chi connectivity index (χ1v) is 7.52. The lowest BCUT2D eigenvalue weighted by Crippen LogP contribution is -2.65. The van der Waals surface area contributed by atoms with Crippen molar-refractivity contribution in [2.75, 3.05) is 12.4 Å². The molecule has 0 aromatic carbocycles. The summed E-state index contributed by atoms with van der Waals surface area (Å²) in [5.74, 6) is 0.0675. The predicted octanol–water partition coefficient (Wildman–Crippen LogP) is 1.13. The smallest absolute Gasteiger partial charge is 0.182 e. The predicted molar refractivity (Wildman–Crippen MR) is 62.4 cm³/mol. The molecule has 5 nitrogen and oxygen atoms in total. The Morgan fingerprint density at radius 1 is 1.06 bits per heavy atom. The van der Waals surface area contributed by atoms with Crippen LogP contribution in [0.1, 0.15) is 40.5 Å². The van der Waals surface area contributed by atoms with E-state index in [1.54, 1.807) is 27.7 Å². The van der Waals surface area contributed by atoms with E-state index in [9.17, 15) is 13.6 Å². The molecule has 1 spiro atoms. The lowest BCUT2D eigenvalue weighted by molar-refractivity contribution is -0.304. The van der Waals surface area contributed by atoms with Gasteiger partial charge >= 0.3 is 0 Å². The number of sulfone groups is 1. The molecule has 0 bridgehead atoms. The standard InChI is InChI=1S/C11H20NO4S/c1-9(2)7-11(8-10(3,4)12(9)13)16-5-6-17(11,14)15/h5-8H2,1-4H3. The molecule has 2 aliphatic rings. The van der Waals surface area contributed by atoms with Crippen molar-refractivity contribution in [1.82, 2.24) is 5.06 Å². The van der Waals surface area contributed by atoms with E-state index in [4.69, 9.17) is 4.74 Å². The maximum atomic E-state index is 12.2. The summed E-state index contributed by atoms with van der Waals surface area (Å²) >= 11 is 0. The van der Waals surface area contributed by atoms with Gasteiger partial charge in [-0.05, 0) is 27.7 Å².